The third kappa shape index (κ3) is 4.56. The summed E-state index contributed by atoms with van der Waals surface area (Å²) in [6.07, 6.45) is -0.794. The van der Waals surface area contributed by atoms with Gasteiger partial charge in [0.15, 0.2) is 6.10 Å². The maximum atomic E-state index is 13.4. The van der Waals surface area contributed by atoms with E-state index in [1.807, 2.05) is 6.07 Å². The van der Waals surface area contributed by atoms with Gasteiger partial charge in [0.2, 0.25) is 0 Å². The molecule has 21 heavy (non-hydrogen) atoms. The number of benzene rings is 1. The van der Waals surface area contributed by atoms with Crippen molar-refractivity contribution in [1.82, 2.24) is 4.90 Å². The van der Waals surface area contributed by atoms with Gasteiger partial charge in [-0.05, 0) is 31.5 Å². The topological polar surface area (TPSA) is 70.4 Å². The Morgan fingerprint density at radius 1 is 1.48 bits per heavy atom. The molecule has 0 fully saturated rings. The fraction of sp³-hybridized carbons (Fsp3) is 0.400. The summed E-state index contributed by atoms with van der Waals surface area (Å²) in [5.74, 6) is -1.68. The highest BCUT2D eigenvalue weighted by Crippen LogP contribution is 2.11. The summed E-state index contributed by atoms with van der Waals surface area (Å²) in [6, 6.07) is 5.92. The normalized spacial score (nSPS) is 11.4. The van der Waals surface area contributed by atoms with Gasteiger partial charge in [0.05, 0.1) is 18.1 Å². The molecule has 0 unspecified atom stereocenters. The maximum absolute atomic E-state index is 13.4. The predicted octanol–water partition coefficient (Wildman–Crippen LogP) is 2.05. The van der Waals surface area contributed by atoms with Gasteiger partial charge >= 0.3 is 5.97 Å². The van der Waals surface area contributed by atoms with E-state index in [-0.39, 0.29) is 18.5 Å². The highest BCUT2D eigenvalue weighted by molar-refractivity contribution is 5.92. The standard InChI is InChI=1S/C15H17FN2O3/c1-10-5-6-12(9-13(10)16)15(20)21-11(2)14(19)18(3)8-4-7-17/h5-6,9,11H,4,8H2,1-3H3/t11-/m1/s1. The average Bonchev–Trinajstić information content (AvgIpc) is 2.46. The molecular formula is C15H17FN2O3. The van der Waals surface area contributed by atoms with Gasteiger partial charge in [-0.15, -0.1) is 0 Å². The molecule has 0 N–H and O–H groups in total. The number of esters is 1. The molecule has 0 heterocycles. The van der Waals surface area contributed by atoms with Crippen molar-refractivity contribution in [3.63, 3.8) is 0 Å². The summed E-state index contributed by atoms with van der Waals surface area (Å²) in [4.78, 5) is 25.1. The maximum Gasteiger partial charge on any atom is 0.339 e. The summed E-state index contributed by atoms with van der Waals surface area (Å²) in [5, 5.41) is 8.47. The molecule has 1 aromatic rings. The Bertz CT molecular complexity index is 581. The lowest BCUT2D eigenvalue weighted by atomic mass is 10.1. The quantitative estimate of drug-likeness (QED) is 0.779. The van der Waals surface area contributed by atoms with Crippen molar-refractivity contribution >= 4 is 11.9 Å². The fourth-order valence-corrected chi connectivity index (χ4v) is 1.64. The highest BCUT2D eigenvalue weighted by atomic mass is 19.1. The lowest BCUT2D eigenvalue weighted by Crippen LogP contribution is -2.37. The van der Waals surface area contributed by atoms with Crippen LogP contribution in [0, 0.1) is 24.1 Å². The number of rotatable bonds is 5. The van der Waals surface area contributed by atoms with E-state index in [4.69, 9.17) is 10.00 Å². The summed E-state index contributed by atoms with van der Waals surface area (Å²) >= 11 is 0. The van der Waals surface area contributed by atoms with Gasteiger partial charge in [0.1, 0.15) is 5.82 Å². The van der Waals surface area contributed by atoms with Crippen molar-refractivity contribution in [2.24, 2.45) is 0 Å². The van der Waals surface area contributed by atoms with Crippen LogP contribution in [0.4, 0.5) is 4.39 Å². The molecule has 1 rings (SSSR count). The monoisotopic (exact) mass is 292 g/mol. The zero-order valence-electron chi connectivity index (χ0n) is 12.2. The molecule has 1 amide bonds. The van der Waals surface area contributed by atoms with E-state index in [1.165, 1.54) is 31.0 Å². The summed E-state index contributed by atoms with van der Waals surface area (Å²) in [6.45, 7) is 3.28. The van der Waals surface area contributed by atoms with E-state index >= 15 is 0 Å². The Labute approximate surface area is 122 Å². The molecule has 6 heteroatoms. The fourth-order valence-electron chi connectivity index (χ4n) is 1.64. The first-order chi connectivity index (χ1) is 9.86. The Hall–Kier alpha value is -2.42. The first-order valence-corrected chi connectivity index (χ1v) is 6.46. The molecule has 1 atom stereocenters. The Morgan fingerprint density at radius 3 is 2.71 bits per heavy atom. The Morgan fingerprint density at radius 2 is 2.14 bits per heavy atom. The zero-order valence-corrected chi connectivity index (χ0v) is 12.2. The van der Waals surface area contributed by atoms with Crippen molar-refractivity contribution in [1.29, 1.82) is 5.26 Å². The first kappa shape index (κ1) is 16.6. The average molecular weight is 292 g/mol. The molecule has 1 aromatic carbocycles. The van der Waals surface area contributed by atoms with Gasteiger partial charge in [-0.1, -0.05) is 6.07 Å². The van der Waals surface area contributed by atoms with Crippen LogP contribution in [0.15, 0.2) is 18.2 Å². The molecule has 0 radical (unpaired) electrons. The first-order valence-electron chi connectivity index (χ1n) is 6.46. The SMILES string of the molecule is Cc1ccc(C(=O)O[C@H](C)C(=O)N(C)CCC#N)cc1F. The van der Waals surface area contributed by atoms with Gasteiger partial charge in [-0.2, -0.15) is 5.26 Å². The van der Waals surface area contributed by atoms with Crippen molar-refractivity contribution < 1.29 is 18.7 Å². The van der Waals surface area contributed by atoms with Crippen LogP contribution in [0.3, 0.4) is 0 Å². The van der Waals surface area contributed by atoms with Crippen LogP contribution in [0.25, 0.3) is 0 Å². The molecular weight excluding hydrogens is 275 g/mol. The molecule has 0 saturated heterocycles. The van der Waals surface area contributed by atoms with Gasteiger partial charge in [0, 0.05) is 13.6 Å². The number of carbonyl (C=O) groups is 2. The number of nitriles is 1. The second-order valence-corrected chi connectivity index (χ2v) is 4.68. The number of aryl methyl sites for hydroxylation is 1. The molecule has 0 bridgehead atoms. The van der Waals surface area contributed by atoms with Crippen LogP contribution in [-0.4, -0.2) is 36.5 Å². The number of halogens is 1. The van der Waals surface area contributed by atoms with Gasteiger partial charge in [-0.25, -0.2) is 9.18 Å². The van der Waals surface area contributed by atoms with Gasteiger partial charge in [0.25, 0.3) is 5.91 Å². The smallest absolute Gasteiger partial charge is 0.339 e. The molecule has 0 saturated carbocycles. The number of nitrogens with zero attached hydrogens (tertiary/aromatic N) is 2. The minimum Gasteiger partial charge on any atom is -0.449 e. The molecule has 0 aliphatic heterocycles. The number of hydrogen-bond donors (Lipinski definition) is 0. The third-order valence-corrected chi connectivity index (χ3v) is 2.97. The Kier molecular flexibility index (Phi) is 5.85. The third-order valence-electron chi connectivity index (χ3n) is 2.97. The van der Waals surface area contributed by atoms with Crippen LogP contribution in [0.2, 0.25) is 0 Å². The van der Waals surface area contributed by atoms with E-state index in [2.05, 4.69) is 0 Å². The second kappa shape index (κ2) is 7.39. The minimum atomic E-state index is -0.995. The number of ether oxygens (including phenoxy) is 1. The molecule has 112 valence electrons. The van der Waals surface area contributed by atoms with E-state index in [9.17, 15) is 14.0 Å². The van der Waals surface area contributed by atoms with Crippen LogP contribution in [-0.2, 0) is 9.53 Å². The lowest BCUT2D eigenvalue weighted by Gasteiger charge is -2.20. The number of hydrogen-bond acceptors (Lipinski definition) is 4. The highest BCUT2D eigenvalue weighted by Gasteiger charge is 2.22. The van der Waals surface area contributed by atoms with E-state index in [0.29, 0.717) is 5.56 Å². The number of amides is 1. The lowest BCUT2D eigenvalue weighted by molar-refractivity contribution is -0.138. The number of likely N-dealkylation sites (N-methyl/N-ethyl adjacent to an activating group) is 1. The van der Waals surface area contributed by atoms with Gasteiger partial charge < -0.3 is 9.64 Å². The largest absolute Gasteiger partial charge is 0.449 e. The molecule has 0 aromatic heterocycles. The number of carbonyl (C=O) groups excluding carboxylic acids is 2. The molecule has 0 spiro atoms. The second-order valence-electron chi connectivity index (χ2n) is 4.68. The molecule has 0 aliphatic carbocycles. The Balaban J connectivity index is 2.67. The van der Waals surface area contributed by atoms with Crippen LogP contribution in [0.1, 0.15) is 29.3 Å². The van der Waals surface area contributed by atoms with Crippen LogP contribution >= 0.6 is 0 Å². The van der Waals surface area contributed by atoms with Crippen molar-refractivity contribution in [2.45, 2.75) is 26.4 Å². The summed E-state index contributed by atoms with van der Waals surface area (Å²) in [5.41, 5.74) is 0.476. The summed E-state index contributed by atoms with van der Waals surface area (Å²) < 4.78 is 18.4. The molecule has 0 aliphatic rings. The molecule has 5 nitrogen and oxygen atoms in total. The van der Waals surface area contributed by atoms with Crippen molar-refractivity contribution in [3.8, 4) is 6.07 Å². The van der Waals surface area contributed by atoms with Gasteiger partial charge in [-0.3, -0.25) is 4.79 Å². The van der Waals surface area contributed by atoms with Crippen molar-refractivity contribution in [2.75, 3.05) is 13.6 Å². The minimum absolute atomic E-state index is 0.0532. The predicted molar refractivity (Wildman–Crippen MR) is 73.9 cm³/mol. The van der Waals surface area contributed by atoms with E-state index in [0.717, 1.165) is 6.07 Å². The van der Waals surface area contributed by atoms with E-state index in [1.54, 1.807) is 6.92 Å². The van der Waals surface area contributed by atoms with Crippen LogP contribution in [0.5, 0.6) is 0 Å². The van der Waals surface area contributed by atoms with Crippen LogP contribution < -0.4 is 0 Å². The van der Waals surface area contributed by atoms with Crippen molar-refractivity contribution in [3.05, 3.63) is 35.1 Å². The summed E-state index contributed by atoms with van der Waals surface area (Å²) in [7, 11) is 1.52. The van der Waals surface area contributed by atoms with E-state index < -0.39 is 23.8 Å². The zero-order chi connectivity index (χ0) is 16.0.